The number of nitrogens with one attached hydrogen (secondary N) is 1. The molecule has 1 fully saturated rings. The molecule has 0 bridgehead atoms. The first kappa shape index (κ1) is 14.3. The smallest absolute Gasteiger partial charge is 0.0760 e. The Labute approximate surface area is 121 Å². The van der Waals surface area contributed by atoms with Gasteiger partial charge in [0.15, 0.2) is 0 Å². The highest BCUT2D eigenvalue weighted by molar-refractivity contribution is 9.10. The minimum absolute atomic E-state index is 0.264. The Morgan fingerprint density at radius 2 is 2.06 bits per heavy atom. The van der Waals surface area contributed by atoms with E-state index in [1.165, 1.54) is 4.90 Å². The standard InChI is InChI=1S/C13H19BrN2OS/c14-12-3-1-2-4-13(12)18-10-11(17)9-16-7-5-15-6-8-16/h1-4,11,15,17H,5-10H2. The molecule has 3 nitrogen and oxygen atoms in total. The van der Waals surface area contributed by atoms with Gasteiger partial charge >= 0.3 is 0 Å². The number of halogens is 1. The maximum Gasteiger partial charge on any atom is 0.0760 e. The number of hydrogen-bond donors (Lipinski definition) is 2. The number of benzene rings is 1. The van der Waals surface area contributed by atoms with Gasteiger partial charge in [0.25, 0.3) is 0 Å². The van der Waals surface area contributed by atoms with Crippen molar-refractivity contribution in [2.45, 2.75) is 11.0 Å². The van der Waals surface area contributed by atoms with E-state index in [0.29, 0.717) is 0 Å². The van der Waals surface area contributed by atoms with Gasteiger partial charge in [-0.2, -0.15) is 0 Å². The van der Waals surface area contributed by atoms with Crippen LogP contribution in [0, 0.1) is 0 Å². The number of β-amino-alcohol motifs (C(OH)–C–C–N with tert-alkyl or cyclic N) is 1. The van der Waals surface area contributed by atoms with E-state index in [0.717, 1.165) is 42.9 Å². The molecule has 1 atom stereocenters. The number of thioether (sulfide) groups is 1. The Balaban J connectivity index is 1.74. The molecule has 2 N–H and O–H groups in total. The van der Waals surface area contributed by atoms with Crippen LogP contribution in [0.2, 0.25) is 0 Å². The Bertz CT molecular complexity index is 372. The van der Waals surface area contributed by atoms with Crippen molar-refractivity contribution in [1.82, 2.24) is 10.2 Å². The van der Waals surface area contributed by atoms with Gasteiger partial charge in [-0.1, -0.05) is 12.1 Å². The maximum absolute atomic E-state index is 10.1. The van der Waals surface area contributed by atoms with Gasteiger partial charge in [0.2, 0.25) is 0 Å². The van der Waals surface area contributed by atoms with Crippen LogP contribution in [-0.2, 0) is 0 Å². The highest BCUT2D eigenvalue weighted by Crippen LogP contribution is 2.27. The first-order chi connectivity index (χ1) is 8.75. The summed E-state index contributed by atoms with van der Waals surface area (Å²) in [5.41, 5.74) is 0. The molecule has 1 aromatic carbocycles. The number of aliphatic hydroxyl groups is 1. The zero-order valence-electron chi connectivity index (χ0n) is 10.3. The average Bonchev–Trinajstić information content (AvgIpc) is 2.39. The summed E-state index contributed by atoms with van der Waals surface area (Å²) < 4.78 is 1.10. The van der Waals surface area contributed by atoms with E-state index >= 15 is 0 Å². The highest BCUT2D eigenvalue weighted by Gasteiger charge is 2.14. The second kappa shape index (κ2) is 7.50. The Morgan fingerprint density at radius 3 is 2.78 bits per heavy atom. The minimum atomic E-state index is -0.264. The van der Waals surface area contributed by atoms with Crippen molar-refractivity contribution in [2.75, 3.05) is 38.5 Å². The van der Waals surface area contributed by atoms with Crippen molar-refractivity contribution in [3.63, 3.8) is 0 Å². The van der Waals surface area contributed by atoms with Crippen LogP contribution in [-0.4, -0.2) is 54.6 Å². The lowest BCUT2D eigenvalue weighted by atomic mass is 10.3. The molecule has 0 saturated carbocycles. The molecule has 18 heavy (non-hydrogen) atoms. The summed E-state index contributed by atoms with van der Waals surface area (Å²) in [6.45, 7) is 4.92. The zero-order chi connectivity index (χ0) is 12.8. The van der Waals surface area contributed by atoms with Gasteiger partial charge in [0.1, 0.15) is 0 Å². The van der Waals surface area contributed by atoms with E-state index in [9.17, 15) is 5.11 Å². The van der Waals surface area contributed by atoms with Gasteiger partial charge in [-0.15, -0.1) is 11.8 Å². The summed E-state index contributed by atoms with van der Waals surface area (Å²) >= 11 is 5.23. The third-order valence-corrected chi connectivity index (χ3v) is 5.12. The fourth-order valence-corrected chi connectivity index (χ4v) is 3.48. The molecule has 1 aliphatic heterocycles. The molecule has 5 heteroatoms. The number of nitrogens with zero attached hydrogens (tertiary/aromatic N) is 1. The molecule has 0 aliphatic carbocycles. The maximum atomic E-state index is 10.1. The fourth-order valence-electron chi connectivity index (χ4n) is 1.99. The lowest BCUT2D eigenvalue weighted by molar-refractivity contribution is 0.121. The molecule has 0 spiro atoms. The Hall–Kier alpha value is -0.0700. The largest absolute Gasteiger partial charge is 0.391 e. The normalized spacial score (nSPS) is 18.8. The van der Waals surface area contributed by atoms with Crippen molar-refractivity contribution >= 4 is 27.7 Å². The SMILES string of the molecule is OC(CSc1ccccc1Br)CN1CCNCC1. The van der Waals surface area contributed by atoms with Crippen LogP contribution >= 0.6 is 27.7 Å². The molecule has 1 saturated heterocycles. The number of piperazine rings is 1. The second-order valence-electron chi connectivity index (χ2n) is 4.45. The predicted molar refractivity (Wildman–Crippen MR) is 80.2 cm³/mol. The topological polar surface area (TPSA) is 35.5 Å². The van der Waals surface area contributed by atoms with Crippen LogP contribution in [0.25, 0.3) is 0 Å². The lowest BCUT2D eigenvalue weighted by Gasteiger charge is -2.29. The van der Waals surface area contributed by atoms with Gasteiger partial charge < -0.3 is 10.4 Å². The molecular formula is C13H19BrN2OS. The van der Waals surface area contributed by atoms with Crippen molar-refractivity contribution in [1.29, 1.82) is 0 Å². The van der Waals surface area contributed by atoms with E-state index in [1.54, 1.807) is 11.8 Å². The van der Waals surface area contributed by atoms with Gasteiger partial charge in [-0.05, 0) is 28.1 Å². The molecule has 1 heterocycles. The molecule has 1 aromatic rings. The summed E-state index contributed by atoms with van der Waals surface area (Å²) in [5.74, 6) is 0.743. The van der Waals surface area contributed by atoms with Gasteiger partial charge in [0.05, 0.1) is 6.10 Å². The van der Waals surface area contributed by atoms with Crippen LogP contribution in [0.1, 0.15) is 0 Å². The fraction of sp³-hybridized carbons (Fsp3) is 0.538. The molecule has 1 aliphatic rings. The quantitative estimate of drug-likeness (QED) is 0.807. The average molecular weight is 331 g/mol. The van der Waals surface area contributed by atoms with Gasteiger partial charge in [-0.25, -0.2) is 0 Å². The van der Waals surface area contributed by atoms with Crippen LogP contribution in [0.4, 0.5) is 0 Å². The van der Waals surface area contributed by atoms with E-state index in [2.05, 4.69) is 32.2 Å². The highest BCUT2D eigenvalue weighted by atomic mass is 79.9. The molecule has 0 aromatic heterocycles. The first-order valence-electron chi connectivity index (χ1n) is 6.24. The van der Waals surface area contributed by atoms with E-state index in [-0.39, 0.29) is 6.10 Å². The van der Waals surface area contributed by atoms with Crippen molar-refractivity contribution in [3.8, 4) is 0 Å². The third-order valence-electron chi connectivity index (χ3n) is 2.95. The summed E-state index contributed by atoms with van der Waals surface area (Å²) in [7, 11) is 0. The molecule has 100 valence electrons. The second-order valence-corrected chi connectivity index (χ2v) is 6.36. The van der Waals surface area contributed by atoms with Crippen LogP contribution in [0.3, 0.4) is 0 Å². The van der Waals surface area contributed by atoms with Crippen LogP contribution in [0.15, 0.2) is 33.6 Å². The van der Waals surface area contributed by atoms with Gasteiger partial charge in [0, 0.05) is 47.8 Å². The molecular weight excluding hydrogens is 312 g/mol. The monoisotopic (exact) mass is 330 g/mol. The first-order valence-corrected chi connectivity index (χ1v) is 8.02. The van der Waals surface area contributed by atoms with E-state index in [1.807, 2.05) is 18.2 Å². The summed E-state index contributed by atoms with van der Waals surface area (Å²) in [6, 6.07) is 8.14. The minimum Gasteiger partial charge on any atom is -0.391 e. The Morgan fingerprint density at radius 1 is 1.33 bits per heavy atom. The third kappa shape index (κ3) is 4.55. The van der Waals surface area contributed by atoms with E-state index < -0.39 is 0 Å². The molecule has 0 radical (unpaired) electrons. The van der Waals surface area contributed by atoms with Crippen LogP contribution < -0.4 is 5.32 Å². The zero-order valence-corrected chi connectivity index (χ0v) is 12.7. The Kier molecular flexibility index (Phi) is 5.98. The lowest BCUT2D eigenvalue weighted by Crippen LogP contribution is -2.46. The van der Waals surface area contributed by atoms with Gasteiger partial charge in [-0.3, -0.25) is 4.90 Å². The number of rotatable bonds is 5. The molecule has 0 amide bonds. The van der Waals surface area contributed by atoms with Crippen LogP contribution in [0.5, 0.6) is 0 Å². The summed E-state index contributed by atoms with van der Waals surface area (Å²) in [5, 5.41) is 13.4. The number of hydrogen-bond acceptors (Lipinski definition) is 4. The van der Waals surface area contributed by atoms with Crippen molar-refractivity contribution < 1.29 is 5.11 Å². The molecule has 2 rings (SSSR count). The summed E-state index contributed by atoms with van der Waals surface area (Å²) in [4.78, 5) is 3.51. The molecule has 1 unspecified atom stereocenters. The predicted octanol–water partition coefficient (Wildman–Crippen LogP) is 1.81. The number of aliphatic hydroxyl groups excluding tert-OH is 1. The van der Waals surface area contributed by atoms with Crippen molar-refractivity contribution in [3.05, 3.63) is 28.7 Å². The van der Waals surface area contributed by atoms with Crippen molar-refractivity contribution in [2.24, 2.45) is 0 Å². The summed E-state index contributed by atoms with van der Waals surface area (Å²) in [6.07, 6.45) is -0.264. The van der Waals surface area contributed by atoms with E-state index in [4.69, 9.17) is 0 Å².